The summed E-state index contributed by atoms with van der Waals surface area (Å²) in [6.07, 6.45) is 4.99. The average molecular weight is 300 g/mol. The lowest BCUT2D eigenvalue weighted by Gasteiger charge is -2.52. The number of amides is 1. The molecule has 1 saturated heterocycles. The van der Waals surface area contributed by atoms with E-state index in [4.69, 9.17) is 4.74 Å². The van der Waals surface area contributed by atoms with E-state index in [1.54, 1.807) is 10.9 Å². The van der Waals surface area contributed by atoms with Gasteiger partial charge in [-0.1, -0.05) is 0 Å². The molecule has 0 bridgehead atoms. The van der Waals surface area contributed by atoms with Gasteiger partial charge in [-0.2, -0.15) is 5.10 Å². The van der Waals surface area contributed by atoms with E-state index >= 15 is 0 Å². The van der Waals surface area contributed by atoms with Gasteiger partial charge in [-0.05, 0) is 32.3 Å². The fourth-order valence-corrected chi connectivity index (χ4v) is 3.61. The van der Waals surface area contributed by atoms with Crippen LogP contribution in [0, 0.1) is 6.92 Å². The van der Waals surface area contributed by atoms with Gasteiger partial charge < -0.3 is 9.64 Å². The smallest absolute Gasteiger partial charge is 0.255 e. The van der Waals surface area contributed by atoms with Crippen LogP contribution in [0.25, 0.3) is 11.0 Å². The molecule has 1 aliphatic carbocycles. The molecule has 0 unspecified atom stereocenters. The summed E-state index contributed by atoms with van der Waals surface area (Å²) >= 11 is 0. The van der Waals surface area contributed by atoms with Crippen molar-refractivity contribution in [2.75, 3.05) is 19.8 Å². The average Bonchev–Trinajstić information content (AvgIpc) is 2.85. The van der Waals surface area contributed by atoms with Crippen LogP contribution in [0.5, 0.6) is 0 Å². The van der Waals surface area contributed by atoms with Crippen molar-refractivity contribution in [1.29, 1.82) is 0 Å². The van der Waals surface area contributed by atoms with Gasteiger partial charge in [0.25, 0.3) is 5.91 Å². The van der Waals surface area contributed by atoms with Crippen molar-refractivity contribution in [3.8, 4) is 0 Å². The Labute approximate surface area is 129 Å². The normalized spacial score (nSPS) is 20.4. The summed E-state index contributed by atoms with van der Waals surface area (Å²) in [6.45, 7) is 3.87. The number of morpholine rings is 1. The molecule has 116 valence electrons. The molecule has 0 atom stereocenters. The molecule has 6 nitrogen and oxygen atoms in total. The third kappa shape index (κ3) is 1.86. The number of aryl methyl sites for hydroxylation is 2. The maximum absolute atomic E-state index is 13.2. The van der Waals surface area contributed by atoms with Crippen molar-refractivity contribution >= 4 is 16.9 Å². The number of carbonyl (C=O) groups is 1. The molecule has 6 heteroatoms. The number of rotatable bonds is 1. The molecule has 2 aromatic heterocycles. The minimum absolute atomic E-state index is 0.0823. The molecule has 0 N–H and O–H groups in total. The van der Waals surface area contributed by atoms with Gasteiger partial charge in [0, 0.05) is 19.3 Å². The molecule has 22 heavy (non-hydrogen) atoms. The zero-order valence-electron chi connectivity index (χ0n) is 13.0. The molecule has 1 aliphatic heterocycles. The summed E-state index contributed by atoms with van der Waals surface area (Å²) in [5.41, 5.74) is 2.24. The van der Waals surface area contributed by atoms with Crippen LogP contribution in [-0.4, -0.2) is 50.9 Å². The fourth-order valence-electron chi connectivity index (χ4n) is 3.61. The van der Waals surface area contributed by atoms with Crippen LogP contribution in [0.3, 0.4) is 0 Å². The Morgan fingerprint density at radius 1 is 1.41 bits per heavy atom. The third-order valence-electron chi connectivity index (χ3n) is 5.00. The van der Waals surface area contributed by atoms with Gasteiger partial charge in [0.2, 0.25) is 0 Å². The summed E-state index contributed by atoms with van der Waals surface area (Å²) in [7, 11) is 1.85. The monoisotopic (exact) mass is 300 g/mol. The number of nitrogens with zero attached hydrogens (tertiary/aromatic N) is 4. The Bertz CT molecular complexity index is 748. The molecule has 0 aromatic carbocycles. The zero-order chi connectivity index (χ0) is 15.3. The second-order valence-electron chi connectivity index (χ2n) is 6.40. The first-order chi connectivity index (χ1) is 10.6. The Kier molecular flexibility index (Phi) is 2.97. The molecule has 1 amide bonds. The first-order valence-electron chi connectivity index (χ1n) is 7.80. The molecule has 2 fully saturated rings. The summed E-state index contributed by atoms with van der Waals surface area (Å²) in [6, 6.07) is 1.88. The minimum atomic E-state index is -0.0823. The van der Waals surface area contributed by atoms with Crippen molar-refractivity contribution in [3.63, 3.8) is 0 Å². The number of aromatic nitrogens is 3. The number of hydrogen-bond donors (Lipinski definition) is 0. The van der Waals surface area contributed by atoms with Crippen molar-refractivity contribution in [3.05, 3.63) is 23.5 Å². The highest BCUT2D eigenvalue weighted by molar-refractivity contribution is 6.05. The second-order valence-corrected chi connectivity index (χ2v) is 6.40. The lowest BCUT2D eigenvalue weighted by molar-refractivity contribution is -0.0876. The van der Waals surface area contributed by atoms with Crippen LogP contribution in [0.15, 0.2) is 12.3 Å². The maximum atomic E-state index is 13.2. The molecule has 0 radical (unpaired) electrons. The topological polar surface area (TPSA) is 60.3 Å². The second kappa shape index (κ2) is 4.78. The quantitative estimate of drug-likeness (QED) is 0.804. The highest BCUT2D eigenvalue weighted by Crippen LogP contribution is 2.40. The van der Waals surface area contributed by atoms with Crippen LogP contribution >= 0.6 is 0 Å². The number of ether oxygens (including phenoxy) is 1. The van der Waals surface area contributed by atoms with Gasteiger partial charge in [-0.25, -0.2) is 4.98 Å². The molecule has 2 aliphatic rings. The van der Waals surface area contributed by atoms with Crippen molar-refractivity contribution in [2.24, 2.45) is 7.05 Å². The highest BCUT2D eigenvalue weighted by atomic mass is 16.5. The Hall–Kier alpha value is -1.95. The molecular formula is C16H20N4O2. The predicted octanol–water partition coefficient (Wildman–Crippen LogP) is 1.67. The SMILES string of the molecule is Cc1cc(C(=O)N2CCOCC23CCC3)c2cnn(C)c2n1. The Morgan fingerprint density at radius 2 is 2.23 bits per heavy atom. The van der Waals surface area contributed by atoms with Gasteiger partial charge in [0.15, 0.2) is 5.65 Å². The molecular weight excluding hydrogens is 280 g/mol. The first kappa shape index (κ1) is 13.7. The number of fused-ring (bicyclic) bond motifs is 1. The highest BCUT2D eigenvalue weighted by Gasteiger charge is 2.47. The first-order valence-corrected chi connectivity index (χ1v) is 7.80. The van der Waals surface area contributed by atoms with Crippen LogP contribution in [-0.2, 0) is 11.8 Å². The van der Waals surface area contributed by atoms with Gasteiger partial charge >= 0.3 is 0 Å². The van der Waals surface area contributed by atoms with Crippen LogP contribution < -0.4 is 0 Å². The van der Waals surface area contributed by atoms with E-state index in [0.717, 1.165) is 29.6 Å². The van der Waals surface area contributed by atoms with Gasteiger partial charge in [0.1, 0.15) is 0 Å². The standard InChI is InChI=1S/C16H20N4O2/c1-11-8-12(13-9-17-19(2)14(13)18-11)15(21)20-6-7-22-10-16(20)4-3-5-16/h8-9H,3-7,10H2,1-2H3. The van der Waals surface area contributed by atoms with E-state index in [1.807, 2.05) is 24.9 Å². The summed E-state index contributed by atoms with van der Waals surface area (Å²) < 4.78 is 7.36. The van der Waals surface area contributed by atoms with E-state index < -0.39 is 0 Å². The van der Waals surface area contributed by atoms with Gasteiger partial charge in [-0.15, -0.1) is 0 Å². The molecule has 1 saturated carbocycles. The van der Waals surface area contributed by atoms with Gasteiger partial charge in [0.05, 0.1) is 35.9 Å². The van der Waals surface area contributed by atoms with Crippen LogP contribution in [0.2, 0.25) is 0 Å². The van der Waals surface area contributed by atoms with Crippen molar-refractivity contribution < 1.29 is 9.53 Å². The van der Waals surface area contributed by atoms with E-state index in [9.17, 15) is 4.79 Å². The maximum Gasteiger partial charge on any atom is 0.255 e. The number of carbonyl (C=O) groups excluding carboxylic acids is 1. The third-order valence-corrected chi connectivity index (χ3v) is 5.00. The van der Waals surface area contributed by atoms with E-state index in [0.29, 0.717) is 25.3 Å². The summed E-state index contributed by atoms with van der Waals surface area (Å²) in [5.74, 6) is 0.0894. The predicted molar refractivity (Wildman–Crippen MR) is 81.7 cm³/mol. The van der Waals surface area contributed by atoms with Crippen molar-refractivity contribution in [1.82, 2.24) is 19.7 Å². The number of hydrogen-bond acceptors (Lipinski definition) is 4. The number of pyridine rings is 1. The zero-order valence-corrected chi connectivity index (χ0v) is 13.0. The molecule has 2 aromatic rings. The van der Waals surface area contributed by atoms with Crippen LogP contribution in [0.1, 0.15) is 35.3 Å². The Morgan fingerprint density at radius 3 is 2.95 bits per heavy atom. The van der Waals surface area contributed by atoms with E-state index in [1.165, 1.54) is 6.42 Å². The lowest BCUT2D eigenvalue weighted by atomic mass is 9.75. The fraction of sp³-hybridized carbons (Fsp3) is 0.562. The molecule has 3 heterocycles. The molecule has 1 spiro atoms. The van der Waals surface area contributed by atoms with E-state index in [2.05, 4.69) is 10.1 Å². The summed E-state index contributed by atoms with van der Waals surface area (Å²) in [5, 5.41) is 5.09. The van der Waals surface area contributed by atoms with Gasteiger partial charge in [-0.3, -0.25) is 9.48 Å². The Balaban J connectivity index is 1.79. The van der Waals surface area contributed by atoms with E-state index in [-0.39, 0.29) is 11.4 Å². The van der Waals surface area contributed by atoms with Crippen LogP contribution in [0.4, 0.5) is 0 Å². The van der Waals surface area contributed by atoms with Crippen molar-refractivity contribution in [2.45, 2.75) is 31.7 Å². The summed E-state index contributed by atoms with van der Waals surface area (Å²) in [4.78, 5) is 19.7. The minimum Gasteiger partial charge on any atom is -0.377 e. The largest absolute Gasteiger partial charge is 0.377 e. The molecule has 4 rings (SSSR count). The lowest BCUT2D eigenvalue weighted by Crippen LogP contribution is -2.62.